The van der Waals surface area contributed by atoms with Crippen LogP contribution in [-0.4, -0.2) is 39.0 Å². The van der Waals surface area contributed by atoms with Gasteiger partial charge in [-0.1, -0.05) is 36.2 Å². The molecule has 0 fully saturated rings. The quantitative estimate of drug-likeness (QED) is 0.270. The van der Waals surface area contributed by atoms with Crippen LogP contribution in [0.15, 0.2) is 36.4 Å². The normalized spacial score (nSPS) is 11.2. The molecule has 166 valence electrons. The van der Waals surface area contributed by atoms with Gasteiger partial charge in [0.05, 0.1) is 17.6 Å². The second kappa shape index (κ2) is 9.53. The van der Waals surface area contributed by atoms with E-state index in [1.807, 2.05) is 42.5 Å². The smallest absolute Gasteiger partial charge is 0.204 e. The molecule has 0 unspecified atom stereocenters. The summed E-state index contributed by atoms with van der Waals surface area (Å²) in [5.41, 5.74) is 3.99. The Morgan fingerprint density at radius 2 is 1.91 bits per heavy atom. The summed E-state index contributed by atoms with van der Waals surface area (Å²) in [4.78, 5) is 17.2. The fraction of sp³-hybridized carbons (Fsp3) is 0.333. The van der Waals surface area contributed by atoms with Gasteiger partial charge in [0.1, 0.15) is 17.1 Å². The molecular formula is C24H26ClN5O2. The van der Waals surface area contributed by atoms with E-state index in [2.05, 4.69) is 15.5 Å². The van der Waals surface area contributed by atoms with Gasteiger partial charge in [-0.3, -0.25) is 9.20 Å². The van der Waals surface area contributed by atoms with Gasteiger partial charge in [0.15, 0.2) is 11.6 Å². The highest BCUT2D eigenvalue weighted by Gasteiger charge is 2.17. The molecule has 0 spiro atoms. The van der Waals surface area contributed by atoms with Crippen LogP contribution in [0.4, 0.5) is 5.82 Å². The summed E-state index contributed by atoms with van der Waals surface area (Å²) in [5, 5.41) is 12.5. The summed E-state index contributed by atoms with van der Waals surface area (Å²) in [7, 11) is 1.66. The molecule has 0 atom stereocenters. The van der Waals surface area contributed by atoms with E-state index in [1.54, 1.807) is 19.2 Å². The molecule has 0 amide bonds. The van der Waals surface area contributed by atoms with Crippen molar-refractivity contribution in [2.75, 3.05) is 19.0 Å². The Bertz CT molecular complexity index is 1280. The van der Waals surface area contributed by atoms with Crippen LogP contribution in [-0.2, 0) is 0 Å². The number of Topliss-reactive ketones (excluding diaryl/α,β-unsaturated/α-hetero) is 1. The van der Waals surface area contributed by atoms with E-state index in [9.17, 15) is 4.79 Å². The number of methoxy groups -OCH3 is 1. The predicted octanol–water partition coefficient (Wildman–Crippen LogP) is 5.41. The third-order valence-electron chi connectivity index (χ3n) is 5.56. The molecule has 0 aliphatic rings. The van der Waals surface area contributed by atoms with Gasteiger partial charge in [-0.05, 0) is 50.5 Å². The number of benzene rings is 2. The molecule has 1 N–H and O–H groups in total. The molecule has 0 aliphatic heterocycles. The minimum absolute atomic E-state index is 0.0860. The molecule has 2 heterocycles. The average molecular weight is 452 g/mol. The lowest BCUT2D eigenvalue weighted by molar-refractivity contribution is 0.0979. The summed E-state index contributed by atoms with van der Waals surface area (Å²) >= 11 is 6.11. The maximum atomic E-state index is 12.3. The van der Waals surface area contributed by atoms with Gasteiger partial charge in [0.25, 0.3) is 0 Å². The van der Waals surface area contributed by atoms with Crippen molar-refractivity contribution in [3.8, 4) is 5.75 Å². The number of carbonyl (C=O) groups is 1. The molecule has 2 aromatic heterocycles. The van der Waals surface area contributed by atoms with E-state index in [0.29, 0.717) is 35.0 Å². The van der Waals surface area contributed by atoms with E-state index in [-0.39, 0.29) is 5.78 Å². The summed E-state index contributed by atoms with van der Waals surface area (Å²) in [6.45, 7) is 4.64. The number of hydrogen-bond donors (Lipinski definition) is 1. The van der Waals surface area contributed by atoms with Gasteiger partial charge in [0, 0.05) is 18.5 Å². The Morgan fingerprint density at radius 3 is 2.69 bits per heavy atom. The van der Waals surface area contributed by atoms with Gasteiger partial charge >= 0.3 is 0 Å². The number of hydrogen-bond acceptors (Lipinski definition) is 6. The number of ether oxygens (including phenoxy) is 1. The molecule has 0 saturated carbocycles. The number of unbranched alkanes of at least 4 members (excludes halogenated alkanes) is 2. The van der Waals surface area contributed by atoms with Crippen LogP contribution >= 0.6 is 11.6 Å². The first kappa shape index (κ1) is 22.0. The van der Waals surface area contributed by atoms with Crippen molar-refractivity contribution in [2.24, 2.45) is 0 Å². The highest BCUT2D eigenvalue weighted by Crippen LogP contribution is 2.31. The Balaban J connectivity index is 1.42. The van der Waals surface area contributed by atoms with Crippen molar-refractivity contribution in [3.05, 3.63) is 58.4 Å². The Hall–Kier alpha value is -3.19. The van der Waals surface area contributed by atoms with E-state index in [0.717, 1.165) is 47.4 Å². The SMILES string of the molecule is COc1c(C)ccc2c1nc(NCCCCCC(=O)c1ccccc1Cl)c1nnc(C)n12. The number of aryl methyl sites for hydroxylation is 2. The van der Waals surface area contributed by atoms with Gasteiger partial charge in [-0.25, -0.2) is 4.98 Å². The van der Waals surface area contributed by atoms with Crippen LogP contribution in [0, 0.1) is 13.8 Å². The molecule has 4 rings (SSSR count). The first-order chi connectivity index (χ1) is 15.5. The molecule has 7 nitrogen and oxygen atoms in total. The summed E-state index contributed by atoms with van der Waals surface area (Å²) < 4.78 is 7.61. The van der Waals surface area contributed by atoms with E-state index in [1.165, 1.54) is 0 Å². The number of ketones is 1. The standard InChI is InChI=1S/C24H26ClN5O2/c1-15-12-13-19-21(22(15)32-3)27-23(24-29-28-16(2)30(19)24)26-14-8-4-5-11-20(31)17-9-6-7-10-18(17)25/h6-7,9-10,12-13H,4-5,8,11,14H2,1-3H3,(H,26,27). The lowest BCUT2D eigenvalue weighted by Gasteiger charge is -2.13. The number of anilines is 1. The average Bonchev–Trinajstić information content (AvgIpc) is 3.18. The summed E-state index contributed by atoms with van der Waals surface area (Å²) in [6, 6.07) is 11.2. The van der Waals surface area contributed by atoms with E-state index < -0.39 is 0 Å². The van der Waals surface area contributed by atoms with Gasteiger partial charge in [-0.2, -0.15) is 0 Å². The van der Waals surface area contributed by atoms with Gasteiger partial charge in [0.2, 0.25) is 5.65 Å². The number of aromatic nitrogens is 4. The van der Waals surface area contributed by atoms with Crippen LogP contribution in [0.2, 0.25) is 5.02 Å². The number of rotatable bonds is 9. The number of carbonyl (C=O) groups excluding carboxylic acids is 1. The minimum atomic E-state index is 0.0860. The van der Waals surface area contributed by atoms with Crippen molar-refractivity contribution < 1.29 is 9.53 Å². The minimum Gasteiger partial charge on any atom is -0.494 e. The largest absolute Gasteiger partial charge is 0.494 e. The van der Waals surface area contributed by atoms with Crippen LogP contribution in [0.25, 0.3) is 16.7 Å². The molecule has 2 aromatic carbocycles. The maximum absolute atomic E-state index is 12.3. The predicted molar refractivity (Wildman–Crippen MR) is 127 cm³/mol. The molecule has 32 heavy (non-hydrogen) atoms. The molecule has 4 aromatic rings. The number of nitrogens with one attached hydrogen (secondary N) is 1. The Morgan fingerprint density at radius 1 is 1.09 bits per heavy atom. The number of halogens is 1. The molecule has 0 bridgehead atoms. The lowest BCUT2D eigenvalue weighted by atomic mass is 10.0. The summed E-state index contributed by atoms with van der Waals surface area (Å²) in [5.74, 6) is 2.30. The van der Waals surface area contributed by atoms with Crippen molar-refractivity contribution in [1.82, 2.24) is 19.6 Å². The Labute approximate surface area is 191 Å². The lowest BCUT2D eigenvalue weighted by Crippen LogP contribution is -2.08. The third kappa shape index (κ3) is 4.25. The van der Waals surface area contributed by atoms with Crippen LogP contribution < -0.4 is 10.1 Å². The zero-order valence-corrected chi connectivity index (χ0v) is 19.2. The second-order valence-corrected chi connectivity index (χ2v) is 8.20. The monoisotopic (exact) mass is 451 g/mol. The maximum Gasteiger partial charge on any atom is 0.204 e. The zero-order valence-electron chi connectivity index (χ0n) is 18.5. The number of fused-ring (bicyclic) bond motifs is 3. The summed E-state index contributed by atoms with van der Waals surface area (Å²) in [6.07, 6.45) is 3.12. The van der Waals surface area contributed by atoms with Crippen molar-refractivity contribution in [2.45, 2.75) is 39.5 Å². The highest BCUT2D eigenvalue weighted by atomic mass is 35.5. The van der Waals surface area contributed by atoms with Crippen LogP contribution in [0.5, 0.6) is 5.75 Å². The molecule has 0 radical (unpaired) electrons. The highest BCUT2D eigenvalue weighted by molar-refractivity contribution is 6.33. The van der Waals surface area contributed by atoms with Crippen LogP contribution in [0.3, 0.4) is 0 Å². The van der Waals surface area contributed by atoms with Gasteiger partial charge in [-0.15, -0.1) is 10.2 Å². The number of nitrogens with zero attached hydrogens (tertiary/aromatic N) is 4. The molecule has 0 saturated heterocycles. The topological polar surface area (TPSA) is 81.4 Å². The van der Waals surface area contributed by atoms with E-state index in [4.69, 9.17) is 21.3 Å². The third-order valence-corrected chi connectivity index (χ3v) is 5.89. The molecule has 0 aliphatic carbocycles. The molecule has 8 heteroatoms. The fourth-order valence-electron chi connectivity index (χ4n) is 3.91. The first-order valence-corrected chi connectivity index (χ1v) is 11.1. The van der Waals surface area contributed by atoms with Crippen LogP contribution in [0.1, 0.15) is 47.4 Å². The second-order valence-electron chi connectivity index (χ2n) is 7.79. The molecular weight excluding hydrogens is 426 g/mol. The Kier molecular flexibility index (Phi) is 6.55. The van der Waals surface area contributed by atoms with Gasteiger partial charge < -0.3 is 10.1 Å². The first-order valence-electron chi connectivity index (χ1n) is 10.7. The fourth-order valence-corrected chi connectivity index (χ4v) is 4.15. The van der Waals surface area contributed by atoms with Crippen molar-refractivity contribution in [3.63, 3.8) is 0 Å². The van der Waals surface area contributed by atoms with Crippen molar-refractivity contribution in [1.29, 1.82) is 0 Å². The van der Waals surface area contributed by atoms with Crippen molar-refractivity contribution >= 4 is 39.9 Å². The van der Waals surface area contributed by atoms with E-state index >= 15 is 0 Å². The zero-order chi connectivity index (χ0) is 22.7.